The number of halogens is 3. The van der Waals surface area contributed by atoms with Crippen molar-refractivity contribution in [3.63, 3.8) is 0 Å². The van der Waals surface area contributed by atoms with Crippen LogP contribution in [0.25, 0.3) is 0 Å². The van der Waals surface area contributed by atoms with Crippen molar-refractivity contribution in [3.05, 3.63) is 30.3 Å². The third-order valence-electron chi connectivity index (χ3n) is 6.17. The summed E-state index contributed by atoms with van der Waals surface area (Å²) in [5.41, 5.74) is 2.14. The van der Waals surface area contributed by atoms with Gasteiger partial charge in [-0.15, -0.1) is 0 Å². The first-order chi connectivity index (χ1) is 15.7. The number of hydrazine groups is 1. The molecule has 1 saturated heterocycles. The number of hydrazone groups is 1. The highest BCUT2D eigenvalue weighted by molar-refractivity contribution is 7.97. The van der Waals surface area contributed by atoms with Gasteiger partial charge in [-0.1, -0.05) is 37.1 Å². The minimum atomic E-state index is -4.42. The van der Waals surface area contributed by atoms with Crippen LogP contribution in [0.1, 0.15) is 33.1 Å². The average molecular weight is 488 g/mol. The Labute approximate surface area is 197 Å². The standard InChI is InChI=1S/C22H32F3N5O2S/c1-4-19(31)30(18-8-6-5-7-9-18)21(16-32-3)10-12-28(13-11-21)33-15-14-29-17(2)20(26-27-29)22(23,24)25/h5-9,17,27H,4,10-16H2,1-3H3. The summed E-state index contributed by atoms with van der Waals surface area (Å²) >= 11 is 1.61. The number of nitrogens with one attached hydrogen (secondary N) is 1. The number of nitrogens with zero attached hydrogens (tertiary/aromatic N) is 4. The van der Waals surface area contributed by atoms with Crippen LogP contribution in [0.15, 0.2) is 35.4 Å². The smallest absolute Gasteiger partial charge is 0.382 e. The lowest BCUT2D eigenvalue weighted by Crippen LogP contribution is -2.59. The number of ether oxygens (including phenoxy) is 1. The van der Waals surface area contributed by atoms with Gasteiger partial charge in [-0.05, 0) is 31.9 Å². The minimum Gasteiger partial charge on any atom is -0.382 e. The van der Waals surface area contributed by atoms with Crippen LogP contribution in [0.3, 0.4) is 0 Å². The van der Waals surface area contributed by atoms with Crippen molar-refractivity contribution in [1.82, 2.24) is 14.8 Å². The molecule has 1 aromatic carbocycles. The molecular formula is C22H32F3N5O2S. The summed E-state index contributed by atoms with van der Waals surface area (Å²) in [4.78, 5) is 14.9. The van der Waals surface area contributed by atoms with Crippen LogP contribution in [0.4, 0.5) is 18.9 Å². The zero-order valence-corrected chi connectivity index (χ0v) is 20.1. The highest BCUT2D eigenvalue weighted by atomic mass is 32.2. The Balaban J connectivity index is 1.58. The molecule has 0 bridgehead atoms. The summed E-state index contributed by atoms with van der Waals surface area (Å²) < 4.78 is 46.7. The largest absolute Gasteiger partial charge is 0.432 e. The first-order valence-corrected chi connectivity index (χ1v) is 12.1. The summed E-state index contributed by atoms with van der Waals surface area (Å²) in [5, 5.41) is 4.95. The number of carbonyl (C=O) groups is 1. The van der Waals surface area contributed by atoms with E-state index in [9.17, 15) is 18.0 Å². The van der Waals surface area contributed by atoms with Gasteiger partial charge in [0.15, 0.2) is 5.71 Å². The van der Waals surface area contributed by atoms with E-state index in [0.29, 0.717) is 25.3 Å². The van der Waals surface area contributed by atoms with E-state index in [1.807, 2.05) is 42.2 Å². The van der Waals surface area contributed by atoms with Crippen LogP contribution < -0.4 is 10.4 Å². The van der Waals surface area contributed by atoms with Crippen molar-refractivity contribution in [1.29, 1.82) is 0 Å². The quantitative estimate of drug-likeness (QED) is 0.537. The second kappa shape index (κ2) is 11.1. The summed E-state index contributed by atoms with van der Waals surface area (Å²) in [7, 11) is 1.66. The van der Waals surface area contributed by atoms with Gasteiger partial charge in [0.25, 0.3) is 0 Å². The maximum absolute atomic E-state index is 13.0. The van der Waals surface area contributed by atoms with E-state index in [1.165, 1.54) is 11.9 Å². The van der Waals surface area contributed by atoms with Gasteiger partial charge < -0.3 is 9.64 Å². The Morgan fingerprint density at radius 2 is 1.97 bits per heavy atom. The summed E-state index contributed by atoms with van der Waals surface area (Å²) in [6, 6.07) is 8.87. The molecule has 1 N–H and O–H groups in total. The fourth-order valence-electron chi connectivity index (χ4n) is 4.41. The molecule has 1 aromatic rings. The monoisotopic (exact) mass is 487 g/mol. The topological polar surface area (TPSA) is 60.4 Å². The molecule has 0 aromatic heterocycles. The van der Waals surface area contributed by atoms with Crippen molar-refractivity contribution < 1.29 is 22.7 Å². The number of anilines is 1. The highest BCUT2D eigenvalue weighted by Crippen LogP contribution is 2.36. The van der Waals surface area contributed by atoms with Crippen LogP contribution in [0, 0.1) is 0 Å². The second-order valence-corrected chi connectivity index (χ2v) is 9.48. The van der Waals surface area contributed by atoms with E-state index < -0.39 is 23.5 Å². The van der Waals surface area contributed by atoms with Gasteiger partial charge in [-0.2, -0.15) is 23.3 Å². The first kappa shape index (κ1) is 25.8. The third-order valence-corrected chi connectivity index (χ3v) is 7.26. The molecule has 0 radical (unpaired) electrons. The van der Waals surface area contributed by atoms with Crippen LogP contribution in [0.2, 0.25) is 0 Å². The molecule has 2 aliphatic rings. The van der Waals surface area contributed by atoms with Gasteiger partial charge in [-0.25, -0.2) is 5.53 Å². The zero-order valence-electron chi connectivity index (χ0n) is 19.3. The number of amides is 1. The predicted octanol–water partition coefficient (Wildman–Crippen LogP) is 3.69. The fraction of sp³-hybridized carbons (Fsp3) is 0.636. The Morgan fingerprint density at radius 1 is 1.30 bits per heavy atom. The van der Waals surface area contributed by atoms with Crippen molar-refractivity contribution >= 4 is 29.3 Å². The average Bonchev–Trinajstić information content (AvgIpc) is 3.17. The maximum Gasteiger partial charge on any atom is 0.432 e. The molecule has 1 amide bonds. The Morgan fingerprint density at radius 3 is 2.52 bits per heavy atom. The number of benzene rings is 1. The van der Waals surface area contributed by atoms with Gasteiger partial charge in [0.05, 0.1) is 18.2 Å². The van der Waals surface area contributed by atoms with Gasteiger partial charge in [0.2, 0.25) is 5.91 Å². The SMILES string of the molecule is CCC(=O)N(c1ccccc1)C1(COC)CCN(SCCN2NN=C(C(F)(F)F)C2C)CC1. The van der Waals surface area contributed by atoms with E-state index in [0.717, 1.165) is 31.6 Å². The number of carbonyl (C=O) groups excluding carboxylic acids is 1. The summed E-state index contributed by atoms with van der Waals surface area (Å²) in [6.07, 6.45) is -2.53. The first-order valence-electron chi connectivity index (χ1n) is 11.1. The molecule has 33 heavy (non-hydrogen) atoms. The molecule has 7 nitrogen and oxygen atoms in total. The lowest BCUT2D eigenvalue weighted by atomic mass is 9.86. The Hall–Kier alpha value is -1.82. The number of hydrogen-bond acceptors (Lipinski definition) is 7. The molecule has 1 atom stereocenters. The van der Waals surface area contributed by atoms with Gasteiger partial charge in [0, 0.05) is 44.6 Å². The summed E-state index contributed by atoms with van der Waals surface area (Å²) in [6.45, 7) is 5.74. The van der Waals surface area contributed by atoms with Crippen LogP contribution >= 0.6 is 11.9 Å². The predicted molar refractivity (Wildman–Crippen MR) is 125 cm³/mol. The van der Waals surface area contributed by atoms with E-state index >= 15 is 0 Å². The van der Waals surface area contributed by atoms with E-state index in [-0.39, 0.29) is 5.91 Å². The van der Waals surface area contributed by atoms with Crippen LogP contribution in [0.5, 0.6) is 0 Å². The molecular weight excluding hydrogens is 455 g/mol. The van der Waals surface area contributed by atoms with Crippen molar-refractivity contribution in [2.45, 2.75) is 50.9 Å². The minimum absolute atomic E-state index is 0.0638. The molecule has 11 heteroatoms. The summed E-state index contributed by atoms with van der Waals surface area (Å²) in [5.74, 6) is 0.694. The lowest BCUT2D eigenvalue weighted by molar-refractivity contribution is -0.120. The number of para-hydroxylation sites is 1. The van der Waals surface area contributed by atoms with Crippen LogP contribution in [-0.4, -0.2) is 77.8 Å². The number of methoxy groups -OCH3 is 1. The van der Waals surface area contributed by atoms with Crippen molar-refractivity contribution in [2.24, 2.45) is 5.10 Å². The molecule has 2 heterocycles. The van der Waals surface area contributed by atoms with E-state index in [4.69, 9.17) is 4.74 Å². The number of hydrogen-bond donors (Lipinski definition) is 1. The van der Waals surface area contributed by atoms with Crippen LogP contribution in [-0.2, 0) is 9.53 Å². The van der Waals surface area contributed by atoms with Crippen molar-refractivity contribution in [2.75, 3.05) is 44.0 Å². The van der Waals surface area contributed by atoms with Gasteiger partial charge >= 0.3 is 6.18 Å². The lowest BCUT2D eigenvalue weighted by Gasteiger charge is -2.48. The second-order valence-electron chi connectivity index (χ2n) is 8.30. The molecule has 2 aliphatic heterocycles. The van der Waals surface area contributed by atoms with Gasteiger partial charge in [0.1, 0.15) is 0 Å². The van der Waals surface area contributed by atoms with Crippen molar-refractivity contribution in [3.8, 4) is 0 Å². The van der Waals surface area contributed by atoms with E-state index in [1.54, 1.807) is 19.1 Å². The Kier molecular flexibility index (Phi) is 8.65. The number of alkyl halides is 3. The number of piperidine rings is 1. The highest BCUT2D eigenvalue weighted by Gasteiger charge is 2.45. The molecule has 0 spiro atoms. The number of rotatable bonds is 9. The van der Waals surface area contributed by atoms with Gasteiger partial charge in [-0.3, -0.25) is 9.10 Å². The molecule has 0 aliphatic carbocycles. The molecule has 1 unspecified atom stereocenters. The maximum atomic E-state index is 13.0. The normalized spacial score (nSPS) is 21.5. The Bertz CT molecular complexity index is 816. The zero-order chi connectivity index (χ0) is 24.1. The molecule has 1 fully saturated rings. The molecule has 184 valence electrons. The molecule has 3 rings (SSSR count). The third kappa shape index (κ3) is 6.00. The fourth-order valence-corrected chi connectivity index (χ4v) is 5.39. The van der Waals surface area contributed by atoms with E-state index in [2.05, 4.69) is 14.9 Å². The molecule has 0 saturated carbocycles.